The third kappa shape index (κ3) is 2.58. The highest BCUT2D eigenvalue weighted by molar-refractivity contribution is 6.31. The van der Waals surface area contributed by atoms with Crippen LogP contribution in [0, 0.1) is 10.1 Å². The molecule has 0 amide bonds. The summed E-state index contributed by atoms with van der Waals surface area (Å²) >= 11 is 5.72. The molecule has 76 valence electrons. The van der Waals surface area contributed by atoms with Crippen molar-refractivity contribution in [3.05, 3.63) is 33.3 Å². The minimum Gasteiger partial charge on any atom is -0.313 e. The lowest BCUT2D eigenvalue weighted by Gasteiger charge is -2.13. The van der Waals surface area contributed by atoms with Crippen LogP contribution in [0.1, 0.15) is 0 Å². The topological polar surface area (TPSA) is 58.4 Å². The van der Waals surface area contributed by atoms with Crippen LogP contribution in [-0.2, 0) is 0 Å². The van der Waals surface area contributed by atoms with Gasteiger partial charge in [0.25, 0.3) is 5.69 Å². The zero-order valence-corrected chi connectivity index (χ0v) is 8.58. The van der Waals surface area contributed by atoms with Crippen molar-refractivity contribution in [2.45, 2.75) is 0 Å². The Hall–Kier alpha value is -1.33. The quantitative estimate of drug-likeness (QED) is 0.620. The first-order valence-corrected chi connectivity index (χ1v) is 4.26. The second-order valence-electron chi connectivity index (χ2n) is 2.92. The van der Waals surface area contributed by atoms with E-state index in [9.17, 15) is 10.1 Å². The summed E-state index contributed by atoms with van der Waals surface area (Å²) < 4.78 is 0. The van der Waals surface area contributed by atoms with Crippen LogP contribution in [0.15, 0.2) is 18.2 Å². The van der Waals surface area contributed by atoms with Crippen LogP contribution in [0.2, 0.25) is 5.02 Å². The van der Waals surface area contributed by atoms with Crippen LogP contribution in [0.3, 0.4) is 0 Å². The molecule has 0 unspecified atom stereocenters. The lowest BCUT2D eigenvalue weighted by atomic mass is 10.3. The number of nitro groups is 1. The number of nitrogens with one attached hydrogen (secondary N) is 1. The van der Waals surface area contributed by atoms with E-state index in [1.54, 1.807) is 19.1 Å². The van der Waals surface area contributed by atoms with E-state index >= 15 is 0 Å². The Balaban J connectivity index is 3.09. The maximum absolute atomic E-state index is 10.6. The molecule has 0 aromatic heterocycles. The van der Waals surface area contributed by atoms with E-state index in [-0.39, 0.29) is 5.69 Å². The van der Waals surface area contributed by atoms with Gasteiger partial charge in [0.2, 0.25) is 0 Å². The molecular formula is C8H10ClN3O2. The maximum atomic E-state index is 10.6. The first-order valence-electron chi connectivity index (χ1n) is 3.88. The molecule has 5 nitrogen and oxygen atoms in total. The molecule has 1 N–H and O–H groups in total. The van der Waals surface area contributed by atoms with Crippen molar-refractivity contribution in [2.24, 2.45) is 0 Å². The van der Waals surface area contributed by atoms with Crippen molar-refractivity contribution in [2.75, 3.05) is 19.5 Å². The average Bonchev–Trinajstić information content (AvgIpc) is 2.01. The average molecular weight is 216 g/mol. The summed E-state index contributed by atoms with van der Waals surface area (Å²) in [5, 5.41) is 12.7. The fraction of sp³-hybridized carbons (Fsp3) is 0.250. The van der Waals surface area contributed by atoms with Gasteiger partial charge in [0.1, 0.15) is 5.69 Å². The largest absolute Gasteiger partial charge is 0.313 e. The first-order chi connectivity index (χ1) is 6.50. The van der Waals surface area contributed by atoms with Crippen LogP contribution in [0.25, 0.3) is 0 Å². The number of halogens is 1. The second kappa shape index (κ2) is 4.26. The molecule has 0 atom stereocenters. The molecule has 0 fully saturated rings. The van der Waals surface area contributed by atoms with Gasteiger partial charge in [-0.05, 0) is 12.1 Å². The molecule has 0 aliphatic heterocycles. The van der Waals surface area contributed by atoms with E-state index in [1.165, 1.54) is 18.2 Å². The highest BCUT2D eigenvalue weighted by Gasteiger charge is 2.13. The van der Waals surface area contributed by atoms with E-state index in [0.717, 1.165) is 0 Å². The minimum atomic E-state index is -0.456. The summed E-state index contributed by atoms with van der Waals surface area (Å²) in [6, 6.07) is 4.37. The molecular weight excluding hydrogens is 206 g/mol. The molecule has 0 aliphatic carbocycles. The molecule has 0 saturated heterocycles. The highest BCUT2D eigenvalue weighted by atomic mass is 35.5. The normalized spacial score (nSPS) is 10.3. The lowest BCUT2D eigenvalue weighted by Crippen LogP contribution is -2.20. The van der Waals surface area contributed by atoms with Crippen molar-refractivity contribution >= 4 is 23.0 Å². The number of rotatable bonds is 3. The molecule has 1 rings (SSSR count). The van der Waals surface area contributed by atoms with Crippen molar-refractivity contribution in [1.29, 1.82) is 0 Å². The predicted molar refractivity (Wildman–Crippen MR) is 55.4 cm³/mol. The monoisotopic (exact) mass is 215 g/mol. The van der Waals surface area contributed by atoms with Gasteiger partial charge in [-0.3, -0.25) is 10.1 Å². The summed E-state index contributed by atoms with van der Waals surface area (Å²) in [5.74, 6) is 0. The first kappa shape index (κ1) is 10.7. The third-order valence-corrected chi connectivity index (χ3v) is 1.73. The summed E-state index contributed by atoms with van der Waals surface area (Å²) in [7, 11) is 3.48. The number of hydrazine groups is 1. The van der Waals surface area contributed by atoms with Crippen molar-refractivity contribution in [3.8, 4) is 0 Å². The third-order valence-electron chi connectivity index (χ3n) is 1.50. The number of nitro benzene ring substituents is 1. The number of anilines is 1. The Kier molecular flexibility index (Phi) is 3.27. The van der Waals surface area contributed by atoms with E-state index in [4.69, 9.17) is 11.6 Å². The molecule has 0 spiro atoms. The number of nitrogens with zero attached hydrogens (tertiary/aromatic N) is 2. The van der Waals surface area contributed by atoms with Gasteiger partial charge in [0.15, 0.2) is 0 Å². The number of hydrogen-bond acceptors (Lipinski definition) is 4. The van der Waals surface area contributed by atoms with Crippen molar-refractivity contribution < 1.29 is 4.92 Å². The summed E-state index contributed by atoms with van der Waals surface area (Å²) in [5.41, 5.74) is 3.19. The van der Waals surface area contributed by atoms with E-state index in [1.807, 2.05) is 0 Å². The Morgan fingerprint density at radius 1 is 1.50 bits per heavy atom. The molecule has 0 aliphatic rings. The molecule has 0 heterocycles. The van der Waals surface area contributed by atoms with Gasteiger partial charge >= 0.3 is 0 Å². The molecule has 14 heavy (non-hydrogen) atoms. The van der Waals surface area contributed by atoms with E-state index < -0.39 is 4.92 Å². The maximum Gasteiger partial charge on any atom is 0.293 e. The summed E-state index contributed by atoms with van der Waals surface area (Å²) in [4.78, 5) is 10.2. The summed E-state index contributed by atoms with van der Waals surface area (Å²) in [6.07, 6.45) is 0. The molecule has 0 radical (unpaired) electrons. The van der Waals surface area contributed by atoms with Crippen molar-refractivity contribution in [1.82, 2.24) is 5.01 Å². The van der Waals surface area contributed by atoms with Crippen LogP contribution in [0.4, 0.5) is 11.4 Å². The highest BCUT2D eigenvalue weighted by Crippen LogP contribution is 2.27. The molecule has 0 bridgehead atoms. The Labute approximate surface area is 86.4 Å². The SMILES string of the molecule is CN(C)Nc1cc(Cl)ccc1[N+](=O)[O-]. The zero-order valence-electron chi connectivity index (χ0n) is 7.82. The van der Waals surface area contributed by atoms with Gasteiger partial charge in [0.05, 0.1) is 4.92 Å². The fourth-order valence-corrected chi connectivity index (χ4v) is 1.17. The summed E-state index contributed by atoms with van der Waals surface area (Å²) in [6.45, 7) is 0. The van der Waals surface area contributed by atoms with Gasteiger partial charge in [0, 0.05) is 25.2 Å². The van der Waals surface area contributed by atoms with E-state index in [0.29, 0.717) is 10.7 Å². The minimum absolute atomic E-state index is 0.00287. The van der Waals surface area contributed by atoms with Crippen LogP contribution in [-0.4, -0.2) is 24.0 Å². The van der Waals surface area contributed by atoms with Gasteiger partial charge in [-0.2, -0.15) is 0 Å². The predicted octanol–water partition coefficient (Wildman–Crippen LogP) is 2.14. The lowest BCUT2D eigenvalue weighted by molar-refractivity contribution is -0.384. The van der Waals surface area contributed by atoms with E-state index in [2.05, 4.69) is 5.43 Å². The standard InChI is InChI=1S/C8H10ClN3O2/c1-11(2)10-7-5-6(9)3-4-8(7)12(13)14/h3-5,10H,1-2H3. The number of hydrogen-bond donors (Lipinski definition) is 1. The fourth-order valence-electron chi connectivity index (χ4n) is 0.998. The molecule has 1 aromatic carbocycles. The van der Waals surface area contributed by atoms with Gasteiger partial charge in [-0.1, -0.05) is 11.6 Å². The molecule has 0 saturated carbocycles. The Bertz CT molecular complexity index is 354. The molecule has 6 heteroatoms. The van der Waals surface area contributed by atoms with Crippen LogP contribution in [0.5, 0.6) is 0 Å². The van der Waals surface area contributed by atoms with Crippen molar-refractivity contribution in [3.63, 3.8) is 0 Å². The Morgan fingerprint density at radius 2 is 2.14 bits per heavy atom. The Morgan fingerprint density at radius 3 is 2.64 bits per heavy atom. The zero-order chi connectivity index (χ0) is 10.7. The second-order valence-corrected chi connectivity index (χ2v) is 3.36. The smallest absolute Gasteiger partial charge is 0.293 e. The molecule has 1 aromatic rings. The number of benzene rings is 1. The van der Waals surface area contributed by atoms with Gasteiger partial charge in [-0.25, -0.2) is 5.01 Å². The van der Waals surface area contributed by atoms with Crippen LogP contribution < -0.4 is 5.43 Å². The van der Waals surface area contributed by atoms with Gasteiger partial charge < -0.3 is 5.43 Å². The van der Waals surface area contributed by atoms with Gasteiger partial charge in [-0.15, -0.1) is 0 Å². The van der Waals surface area contributed by atoms with Crippen LogP contribution >= 0.6 is 11.6 Å².